The van der Waals surface area contributed by atoms with Crippen LogP contribution in [0.2, 0.25) is 0 Å². The molecule has 0 fully saturated rings. The van der Waals surface area contributed by atoms with E-state index in [-0.39, 0.29) is 6.42 Å². The number of benzene rings is 3. The van der Waals surface area contributed by atoms with Crippen molar-refractivity contribution in [3.8, 4) is 0 Å². The molecule has 0 aliphatic carbocycles. The van der Waals surface area contributed by atoms with E-state index < -0.39 is 25.7 Å². The summed E-state index contributed by atoms with van der Waals surface area (Å²) >= 11 is -1.56. The summed E-state index contributed by atoms with van der Waals surface area (Å²) < 4.78 is 3.98. The quantitative estimate of drug-likeness (QED) is 0.128. The Morgan fingerprint density at radius 3 is 1.22 bits per heavy atom. The Morgan fingerprint density at radius 1 is 0.556 bits per heavy atom. The topological polar surface area (TPSA) is 40.1 Å². The van der Waals surface area contributed by atoms with Crippen LogP contribution in [0.3, 0.4) is 0 Å². The van der Waals surface area contributed by atoms with Crippen LogP contribution in [0.15, 0.2) is 91.0 Å². The Morgan fingerprint density at radius 2 is 0.889 bits per heavy atom. The Hall–Kier alpha value is -2.07. The molecule has 0 atom stereocenters. The number of rotatable bonds is 16. The zero-order valence-electron chi connectivity index (χ0n) is 22.2. The molecule has 3 heteroatoms. The molecular weight excluding hydrogens is 547 g/mol. The van der Waals surface area contributed by atoms with Gasteiger partial charge in [0.05, 0.1) is 0 Å². The first-order valence-electron chi connectivity index (χ1n) is 13.8. The van der Waals surface area contributed by atoms with Gasteiger partial charge in [-0.25, -0.2) is 0 Å². The molecule has 192 valence electrons. The Balaban J connectivity index is 0.000000284. The molecule has 0 saturated heterocycles. The van der Waals surface area contributed by atoms with Gasteiger partial charge in [-0.05, 0) is 12.8 Å². The number of carboxylic acids is 1. The van der Waals surface area contributed by atoms with E-state index in [0.717, 1.165) is 12.8 Å². The predicted molar refractivity (Wildman–Crippen MR) is 153 cm³/mol. The first-order valence-corrected chi connectivity index (χ1v) is 19.9. The molecule has 0 aliphatic heterocycles. The van der Waals surface area contributed by atoms with Crippen LogP contribution in [-0.4, -0.2) is 25.7 Å². The zero-order valence-corrected chi connectivity index (χ0v) is 25.0. The first kappa shape index (κ1) is 30.2. The Bertz CT molecular complexity index is 814. The molecule has 0 bridgehead atoms. The van der Waals surface area contributed by atoms with Crippen molar-refractivity contribution < 1.29 is 9.90 Å². The molecule has 0 amide bonds. The minimum absolute atomic E-state index is 0.232. The fourth-order valence-electron chi connectivity index (χ4n) is 4.42. The number of carboxylic acid groups (broad SMARTS) is 1. The van der Waals surface area contributed by atoms with Gasteiger partial charge in [0, 0.05) is 5.97 Å². The van der Waals surface area contributed by atoms with E-state index in [9.17, 15) is 9.90 Å². The third-order valence-electron chi connectivity index (χ3n) is 6.38. The average molecular weight is 591 g/mol. The van der Waals surface area contributed by atoms with Crippen molar-refractivity contribution in [2.24, 2.45) is 0 Å². The molecule has 0 aliphatic rings. The zero-order chi connectivity index (χ0) is 25.7. The van der Waals surface area contributed by atoms with Gasteiger partial charge in [0.2, 0.25) is 0 Å². The molecule has 0 radical (unpaired) electrons. The van der Waals surface area contributed by atoms with Gasteiger partial charge in [-0.1, -0.05) is 58.3 Å². The molecule has 2 nitrogen and oxygen atoms in total. The van der Waals surface area contributed by atoms with E-state index in [0.29, 0.717) is 0 Å². The van der Waals surface area contributed by atoms with Crippen LogP contribution in [0.5, 0.6) is 0 Å². The van der Waals surface area contributed by atoms with Gasteiger partial charge in [0.15, 0.2) is 0 Å². The molecule has 3 aromatic carbocycles. The number of hydrogen-bond acceptors (Lipinski definition) is 2. The predicted octanol–water partition coefficient (Wildman–Crippen LogP) is 7.48. The maximum atomic E-state index is 10.1. The van der Waals surface area contributed by atoms with Crippen LogP contribution in [0.25, 0.3) is 0 Å². The van der Waals surface area contributed by atoms with Crippen molar-refractivity contribution in [3.05, 3.63) is 108 Å². The second-order valence-electron chi connectivity index (χ2n) is 9.69. The van der Waals surface area contributed by atoms with Crippen molar-refractivity contribution in [3.63, 3.8) is 0 Å². The summed E-state index contributed by atoms with van der Waals surface area (Å²) in [5.74, 6) is -0.909. The second-order valence-corrected chi connectivity index (χ2v) is 17.0. The van der Waals surface area contributed by atoms with Gasteiger partial charge >= 0.3 is 141 Å². The molecule has 3 aromatic rings. The summed E-state index contributed by atoms with van der Waals surface area (Å²) in [7, 11) is 0. The van der Waals surface area contributed by atoms with Crippen LogP contribution in [0.1, 0.15) is 87.8 Å². The van der Waals surface area contributed by atoms with E-state index in [1.165, 1.54) is 74.9 Å². The fraction of sp³-hybridized carbons (Fsp3) is 0.424. The van der Waals surface area contributed by atoms with Gasteiger partial charge in [-0.2, -0.15) is 0 Å². The first-order chi connectivity index (χ1) is 17.7. The Kier molecular flexibility index (Phi) is 16.8. The standard InChI is InChI=1S/C12H24O2.3C7H7.Sn/c1-2-3-4-5-6-7-8-9-10-11-12(13)14;3*1-7-5-3-2-4-6-7;/h2-11H2,1H3,(H,13,14);3*2-6H,1H2;/q;;;;+1/p-1. The summed E-state index contributed by atoms with van der Waals surface area (Å²) in [6.07, 6.45) is 11.2. The molecule has 36 heavy (non-hydrogen) atoms. The Labute approximate surface area is 226 Å². The van der Waals surface area contributed by atoms with Crippen molar-refractivity contribution in [1.82, 2.24) is 0 Å². The molecular formula is C33H44O2Sn. The average Bonchev–Trinajstić information content (AvgIpc) is 2.90. The van der Waals surface area contributed by atoms with E-state index in [4.69, 9.17) is 0 Å². The molecule has 0 spiro atoms. The van der Waals surface area contributed by atoms with Gasteiger partial charge in [-0.15, -0.1) is 0 Å². The molecule has 0 N–H and O–H groups in total. The summed E-state index contributed by atoms with van der Waals surface area (Å²) in [5, 5.41) is 10.1. The van der Waals surface area contributed by atoms with Gasteiger partial charge in [-0.3, -0.25) is 0 Å². The fourth-order valence-corrected chi connectivity index (χ4v) is 12.5. The number of aliphatic carboxylic acids is 1. The molecule has 0 heterocycles. The van der Waals surface area contributed by atoms with Crippen LogP contribution < -0.4 is 5.11 Å². The van der Waals surface area contributed by atoms with Crippen molar-refractivity contribution >= 4 is 25.7 Å². The van der Waals surface area contributed by atoms with Crippen molar-refractivity contribution in [2.45, 2.75) is 84.4 Å². The molecule has 3 rings (SSSR count). The normalized spacial score (nSPS) is 10.4. The van der Waals surface area contributed by atoms with Gasteiger partial charge in [0.25, 0.3) is 0 Å². The van der Waals surface area contributed by atoms with Crippen molar-refractivity contribution in [1.29, 1.82) is 0 Å². The SMILES string of the molecule is CCCCCCCCCCCC(=O)[O-].c1ccc([CH2][Sn+]([CH2]c2ccccc2)[CH2]c2ccccc2)cc1. The maximum absolute atomic E-state index is 10.1. The van der Waals surface area contributed by atoms with E-state index in [1.807, 2.05) is 0 Å². The van der Waals surface area contributed by atoms with Crippen LogP contribution >= 0.6 is 0 Å². The van der Waals surface area contributed by atoms with E-state index in [2.05, 4.69) is 97.9 Å². The summed E-state index contributed by atoms with van der Waals surface area (Å²) in [6.45, 7) is 2.22. The number of carbonyl (C=O) groups excluding carboxylic acids is 1. The van der Waals surface area contributed by atoms with Crippen LogP contribution in [0.4, 0.5) is 0 Å². The number of hydrogen-bond donors (Lipinski definition) is 0. The van der Waals surface area contributed by atoms with E-state index >= 15 is 0 Å². The number of carbonyl (C=O) groups is 1. The summed E-state index contributed by atoms with van der Waals surface area (Å²) in [5.41, 5.74) is 4.55. The second kappa shape index (κ2) is 20.0. The number of unbranched alkanes of at least 4 members (excludes halogenated alkanes) is 8. The molecule has 0 unspecified atom stereocenters. The van der Waals surface area contributed by atoms with Crippen molar-refractivity contribution in [2.75, 3.05) is 0 Å². The third-order valence-corrected chi connectivity index (χ3v) is 14.2. The molecule has 0 aromatic heterocycles. The minimum atomic E-state index is -1.56. The third kappa shape index (κ3) is 15.1. The summed E-state index contributed by atoms with van der Waals surface area (Å²) in [4.78, 5) is 10.1. The molecule has 0 saturated carbocycles. The van der Waals surface area contributed by atoms with E-state index in [1.54, 1.807) is 0 Å². The van der Waals surface area contributed by atoms with Crippen LogP contribution in [-0.2, 0) is 18.1 Å². The summed E-state index contributed by atoms with van der Waals surface area (Å²) in [6, 6.07) is 33.1. The van der Waals surface area contributed by atoms with Crippen LogP contribution in [0, 0.1) is 0 Å². The monoisotopic (exact) mass is 592 g/mol. The van der Waals surface area contributed by atoms with Gasteiger partial charge < -0.3 is 9.90 Å². The van der Waals surface area contributed by atoms with Gasteiger partial charge in [0.1, 0.15) is 0 Å².